The highest BCUT2D eigenvalue weighted by Crippen LogP contribution is 2.50. The third kappa shape index (κ3) is 2.02. The Balaban J connectivity index is 2.23. The lowest BCUT2D eigenvalue weighted by Crippen LogP contribution is -1.94. The van der Waals surface area contributed by atoms with E-state index in [0.29, 0.717) is 4.58 Å². The average molecular weight is 262 g/mol. The van der Waals surface area contributed by atoms with Crippen LogP contribution in [0.3, 0.4) is 0 Å². The zero-order valence-corrected chi connectivity index (χ0v) is 11.3. The van der Waals surface area contributed by atoms with Crippen molar-refractivity contribution in [1.82, 2.24) is 0 Å². The van der Waals surface area contributed by atoms with Crippen LogP contribution in [0, 0.1) is 0 Å². The first kappa shape index (κ1) is 11.3. The topological polar surface area (TPSA) is 9.23 Å². The fourth-order valence-corrected chi connectivity index (χ4v) is 5.20. The summed E-state index contributed by atoms with van der Waals surface area (Å²) < 4.78 is 6.06. The maximum atomic E-state index is 5.54. The van der Waals surface area contributed by atoms with Gasteiger partial charge in [0.15, 0.2) is 0 Å². The van der Waals surface area contributed by atoms with Gasteiger partial charge in [0.05, 0.1) is 11.7 Å². The number of benzene rings is 2. The van der Waals surface area contributed by atoms with Crippen LogP contribution in [-0.4, -0.2) is 18.6 Å². The normalized spacial score (nSPS) is 16.5. The van der Waals surface area contributed by atoms with E-state index < -0.39 is 0 Å². The number of rotatable bonds is 2. The highest BCUT2D eigenvalue weighted by atomic mass is 32.2. The first-order chi connectivity index (χ1) is 8.40. The van der Waals surface area contributed by atoms with Gasteiger partial charge in [-0.15, -0.1) is 23.5 Å². The molecule has 0 N–H and O–H groups in total. The summed E-state index contributed by atoms with van der Waals surface area (Å²) in [7, 11) is 1.76. The molecule has 0 radical (unpaired) electrons. The Morgan fingerprint density at radius 1 is 1.06 bits per heavy atom. The van der Waals surface area contributed by atoms with Crippen molar-refractivity contribution >= 4 is 34.3 Å². The summed E-state index contributed by atoms with van der Waals surface area (Å²) in [5, 5.41) is 2.63. The van der Waals surface area contributed by atoms with Gasteiger partial charge in [-0.05, 0) is 16.8 Å². The van der Waals surface area contributed by atoms with E-state index in [9.17, 15) is 0 Å². The van der Waals surface area contributed by atoms with Crippen LogP contribution in [0.1, 0.15) is 10.1 Å². The summed E-state index contributed by atoms with van der Waals surface area (Å²) in [5.74, 6) is 3.50. The van der Waals surface area contributed by atoms with Gasteiger partial charge in [-0.25, -0.2) is 0 Å². The quantitative estimate of drug-likeness (QED) is 0.797. The third-order valence-corrected chi connectivity index (χ3v) is 6.04. The van der Waals surface area contributed by atoms with Crippen molar-refractivity contribution in [3.8, 4) is 5.75 Å². The van der Waals surface area contributed by atoms with Crippen LogP contribution < -0.4 is 4.74 Å². The van der Waals surface area contributed by atoms with Crippen molar-refractivity contribution in [3.05, 3.63) is 42.0 Å². The summed E-state index contributed by atoms with van der Waals surface area (Å²) >= 11 is 4.05. The lowest BCUT2D eigenvalue weighted by molar-refractivity contribution is 0.412. The van der Waals surface area contributed by atoms with E-state index in [0.717, 1.165) is 5.75 Å². The molecule has 0 aromatic heterocycles. The summed E-state index contributed by atoms with van der Waals surface area (Å²) in [6.45, 7) is 0. The number of thioether (sulfide) groups is 2. The van der Waals surface area contributed by atoms with E-state index in [1.807, 2.05) is 23.5 Å². The first-order valence-corrected chi connectivity index (χ1v) is 7.79. The monoisotopic (exact) mass is 262 g/mol. The van der Waals surface area contributed by atoms with E-state index in [1.54, 1.807) is 7.11 Å². The van der Waals surface area contributed by atoms with E-state index in [4.69, 9.17) is 4.74 Å². The second-order valence-corrected chi connectivity index (χ2v) is 6.70. The van der Waals surface area contributed by atoms with Gasteiger partial charge in [-0.1, -0.05) is 30.3 Å². The summed E-state index contributed by atoms with van der Waals surface area (Å²) in [6.07, 6.45) is 0. The molecule has 0 unspecified atom stereocenters. The van der Waals surface area contributed by atoms with E-state index in [2.05, 4.69) is 36.4 Å². The SMILES string of the molecule is COc1ccc2ccccc2c1C1SCCS1. The van der Waals surface area contributed by atoms with Crippen LogP contribution in [0.25, 0.3) is 10.8 Å². The predicted molar refractivity (Wildman–Crippen MR) is 78.2 cm³/mol. The Kier molecular flexibility index (Phi) is 3.21. The molecular weight excluding hydrogens is 248 g/mol. The van der Waals surface area contributed by atoms with Crippen molar-refractivity contribution in [1.29, 1.82) is 0 Å². The molecule has 1 fully saturated rings. The van der Waals surface area contributed by atoms with Crippen LogP contribution in [-0.2, 0) is 0 Å². The molecule has 0 aliphatic carbocycles. The average Bonchev–Trinajstić information content (AvgIpc) is 2.91. The molecule has 1 aliphatic heterocycles. The lowest BCUT2D eigenvalue weighted by atomic mass is 10.0. The van der Waals surface area contributed by atoms with E-state index in [1.165, 1.54) is 27.8 Å². The van der Waals surface area contributed by atoms with E-state index >= 15 is 0 Å². The minimum atomic E-state index is 0.524. The number of methoxy groups -OCH3 is 1. The number of ether oxygens (including phenoxy) is 1. The highest BCUT2D eigenvalue weighted by Gasteiger charge is 2.23. The number of hydrogen-bond donors (Lipinski definition) is 0. The minimum Gasteiger partial charge on any atom is -0.496 e. The molecule has 3 rings (SSSR count). The van der Waals surface area contributed by atoms with E-state index in [-0.39, 0.29) is 0 Å². The lowest BCUT2D eigenvalue weighted by Gasteiger charge is -2.16. The fourth-order valence-electron chi connectivity index (χ4n) is 2.22. The maximum absolute atomic E-state index is 5.54. The van der Waals surface area contributed by atoms with Crippen LogP contribution >= 0.6 is 23.5 Å². The molecule has 2 aromatic rings. The van der Waals surface area contributed by atoms with Crippen molar-refractivity contribution in [2.75, 3.05) is 18.6 Å². The molecule has 3 heteroatoms. The van der Waals surface area contributed by atoms with Gasteiger partial charge in [-0.3, -0.25) is 0 Å². The molecule has 1 saturated heterocycles. The van der Waals surface area contributed by atoms with Crippen LogP contribution in [0.5, 0.6) is 5.75 Å². The third-order valence-electron chi connectivity index (χ3n) is 3.01. The van der Waals surface area contributed by atoms with Crippen molar-refractivity contribution in [2.45, 2.75) is 4.58 Å². The minimum absolute atomic E-state index is 0.524. The standard InChI is InChI=1S/C14H14OS2/c1-15-12-7-6-10-4-2-3-5-11(10)13(12)14-16-8-9-17-14/h2-7,14H,8-9H2,1H3. The Labute approximate surface area is 110 Å². The van der Waals surface area contributed by atoms with Crippen LogP contribution in [0.4, 0.5) is 0 Å². The van der Waals surface area contributed by atoms with Crippen molar-refractivity contribution in [2.24, 2.45) is 0 Å². The smallest absolute Gasteiger partial charge is 0.124 e. The highest BCUT2D eigenvalue weighted by molar-refractivity contribution is 8.19. The largest absolute Gasteiger partial charge is 0.496 e. The Morgan fingerprint density at radius 2 is 1.82 bits per heavy atom. The fraction of sp³-hybridized carbons (Fsp3) is 0.286. The van der Waals surface area contributed by atoms with Gasteiger partial charge in [0.25, 0.3) is 0 Å². The van der Waals surface area contributed by atoms with Gasteiger partial charge in [-0.2, -0.15) is 0 Å². The van der Waals surface area contributed by atoms with Crippen LogP contribution in [0.15, 0.2) is 36.4 Å². The van der Waals surface area contributed by atoms with Crippen LogP contribution in [0.2, 0.25) is 0 Å². The molecule has 1 heterocycles. The molecule has 1 nitrogen and oxygen atoms in total. The summed E-state index contributed by atoms with van der Waals surface area (Å²) in [6, 6.07) is 12.8. The van der Waals surface area contributed by atoms with Crippen molar-refractivity contribution < 1.29 is 4.74 Å². The summed E-state index contributed by atoms with van der Waals surface area (Å²) in [4.78, 5) is 0. The second kappa shape index (κ2) is 4.83. The van der Waals surface area contributed by atoms with Gasteiger partial charge in [0.2, 0.25) is 0 Å². The molecule has 1 aliphatic rings. The molecule has 17 heavy (non-hydrogen) atoms. The Bertz CT molecular complexity index is 533. The van der Waals surface area contributed by atoms with Gasteiger partial charge >= 0.3 is 0 Å². The first-order valence-electron chi connectivity index (χ1n) is 5.69. The van der Waals surface area contributed by atoms with Gasteiger partial charge in [0.1, 0.15) is 5.75 Å². The molecule has 0 atom stereocenters. The molecule has 0 spiro atoms. The number of hydrogen-bond acceptors (Lipinski definition) is 3. The van der Waals surface area contributed by atoms with Crippen molar-refractivity contribution in [3.63, 3.8) is 0 Å². The van der Waals surface area contributed by atoms with Gasteiger partial charge < -0.3 is 4.74 Å². The molecule has 0 amide bonds. The Morgan fingerprint density at radius 3 is 2.59 bits per heavy atom. The maximum Gasteiger partial charge on any atom is 0.124 e. The second-order valence-electron chi connectivity index (χ2n) is 3.98. The van der Waals surface area contributed by atoms with Gasteiger partial charge in [0, 0.05) is 17.1 Å². The molecule has 2 aromatic carbocycles. The number of fused-ring (bicyclic) bond motifs is 1. The summed E-state index contributed by atoms with van der Waals surface area (Å²) in [5.41, 5.74) is 1.36. The zero-order chi connectivity index (χ0) is 11.7. The molecular formula is C14H14OS2. The molecule has 0 saturated carbocycles. The molecule has 88 valence electrons. The Hall–Kier alpha value is -0.800. The molecule has 0 bridgehead atoms. The predicted octanol–water partition coefficient (Wildman–Crippen LogP) is 4.33. The zero-order valence-electron chi connectivity index (χ0n) is 9.68.